The van der Waals surface area contributed by atoms with E-state index in [9.17, 15) is 0 Å². The highest BCUT2D eigenvalue weighted by Gasteiger charge is 2.57. The quantitative estimate of drug-likeness (QED) is 0.153. The average molecular weight is 863 g/mol. The highest BCUT2D eigenvalue weighted by Crippen LogP contribution is 2.64. The first kappa shape index (κ1) is 42.2. The van der Waals surface area contributed by atoms with Gasteiger partial charge in [0.2, 0.25) is 0 Å². The van der Waals surface area contributed by atoms with Gasteiger partial charge in [-0.3, -0.25) is 0 Å². The third kappa shape index (κ3) is 5.27. The standard InChI is InChI=1S/C61H75BN2O/c1-34-28-45-49-46(29-34)64-44-33-40-38(56(7,8)21-23-58(40,11)12)31-41(44)61(17)27-26-54(3,4)36-18-19-42(50(64)47(36)61)62(49)53-51(48-52(65-53)60(15,16)25-24-59(48,13)14)63(45)43-32-39-37(30-35(43)2)55(5,6)20-22-57(39,9)10/h18-19,28-33H,20-27H2,1-17H3. The zero-order chi connectivity index (χ0) is 46.3. The lowest BCUT2D eigenvalue weighted by atomic mass is 9.34. The molecule has 0 N–H and O–H groups in total. The minimum Gasteiger partial charge on any atom is -0.472 e. The molecule has 0 fully saturated rings. The Morgan fingerprint density at radius 2 is 0.908 bits per heavy atom. The topological polar surface area (TPSA) is 19.6 Å². The number of rotatable bonds is 1. The van der Waals surface area contributed by atoms with Crippen molar-refractivity contribution in [1.29, 1.82) is 0 Å². The number of aryl methyl sites for hydroxylation is 2. The van der Waals surface area contributed by atoms with E-state index < -0.39 is 0 Å². The van der Waals surface area contributed by atoms with Gasteiger partial charge in [-0.15, -0.1) is 0 Å². The largest absolute Gasteiger partial charge is 0.472 e. The molecule has 1 atom stereocenters. The molecule has 5 aromatic rings. The van der Waals surface area contributed by atoms with Crippen LogP contribution in [0, 0.1) is 13.8 Å². The first-order chi connectivity index (χ1) is 30.1. The Morgan fingerprint density at radius 1 is 0.431 bits per heavy atom. The van der Waals surface area contributed by atoms with Gasteiger partial charge in [-0.1, -0.05) is 128 Å². The van der Waals surface area contributed by atoms with E-state index in [2.05, 4.69) is 176 Å². The Bertz CT molecular complexity index is 2980. The molecule has 4 aliphatic carbocycles. The van der Waals surface area contributed by atoms with Crippen molar-refractivity contribution in [2.24, 2.45) is 0 Å². The number of benzene rings is 4. The molecule has 12 rings (SSSR count). The van der Waals surface area contributed by atoms with Crippen LogP contribution in [0.25, 0.3) is 0 Å². The van der Waals surface area contributed by atoms with Gasteiger partial charge in [0.05, 0.1) is 17.0 Å². The van der Waals surface area contributed by atoms with Crippen molar-refractivity contribution in [3.8, 4) is 0 Å². The zero-order valence-electron chi connectivity index (χ0n) is 43.2. The summed E-state index contributed by atoms with van der Waals surface area (Å²) in [5.41, 5.74) is 27.2. The normalized spacial score (nSPS) is 25.3. The molecule has 65 heavy (non-hydrogen) atoms. The first-order valence-electron chi connectivity index (χ1n) is 25.6. The van der Waals surface area contributed by atoms with Crippen molar-refractivity contribution >= 4 is 57.4 Å². The molecule has 3 aliphatic heterocycles. The molecule has 0 saturated heterocycles. The van der Waals surface area contributed by atoms with Crippen LogP contribution in [-0.2, 0) is 43.3 Å². The summed E-state index contributed by atoms with van der Waals surface area (Å²) in [6, 6.07) is 20.9. The number of anilines is 6. The van der Waals surface area contributed by atoms with Gasteiger partial charge in [0, 0.05) is 39.1 Å². The molecule has 3 nitrogen and oxygen atoms in total. The molecule has 4 aromatic carbocycles. The summed E-state index contributed by atoms with van der Waals surface area (Å²) < 4.78 is 7.82. The predicted octanol–water partition coefficient (Wildman–Crippen LogP) is 14.7. The summed E-state index contributed by atoms with van der Waals surface area (Å²) in [6.45, 7) is 42.1. The van der Waals surface area contributed by atoms with Crippen LogP contribution in [0.15, 0.2) is 52.9 Å². The molecule has 7 aliphatic rings. The number of hydrogen-bond donors (Lipinski definition) is 0. The van der Waals surface area contributed by atoms with Crippen molar-refractivity contribution < 1.29 is 4.42 Å². The van der Waals surface area contributed by atoms with Crippen LogP contribution in [0.1, 0.15) is 217 Å². The van der Waals surface area contributed by atoms with E-state index >= 15 is 0 Å². The Balaban J connectivity index is 1.24. The van der Waals surface area contributed by atoms with Crippen LogP contribution >= 0.6 is 0 Å². The minimum absolute atomic E-state index is 0.0299. The van der Waals surface area contributed by atoms with Crippen molar-refractivity contribution in [3.05, 3.63) is 110 Å². The number of hydrogen-bond acceptors (Lipinski definition) is 3. The summed E-state index contributed by atoms with van der Waals surface area (Å²) in [5, 5.41) is 0. The lowest BCUT2D eigenvalue weighted by Crippen LogP contribution is -2.62. The lowest BCUT2D eigenvalue weighted by Gasteiger charge is -2.55. The molecule has 0 radical (unpaired) electrons. The van der Waals surface area contributed by atoms with E-state index in [1.54, 1.807) is 16.7 Å². The van der Waals surface area contributed by atoms with Gasteiger partial charge in [0.15, 0.2) is 0 Å². The van der Waals surface area contributed by atoms with Crippen LogP contribution in [0.4, 0.5) is 34.1 Å². The third-order valence-corrected chi connectivity index (χ3v) is 19.6. The van der Waals surface area contributed by atoms with E-state index in [-0.39, 0.29) is 50.0 Å². The van der Waals surface area contributed by atoms with Crippen LogP contribution in [-0.4, -0.2) is 6.71 Å². The predicted molar refractivity (Wildman–Crippen MR) is 277 cm³/mol. The van der Waals surface area contributed by atoms with Gasteiger partial charge in [-0.25, -0.2) is 0 Å². The Kier molecular flexibility index (Phi) is 7.97. The van der Waals surface area contributed by atoms with E-state index in [0.29, 0.717) is 0 Å². The fourth-order valence-electron chi connectivity index (χ4n) is 14.9. The monoisotopic (exact) mass is 863 g/mol. The Morgan fingerprint density at radius 3 is 1.51 bits per heavy atom. The molecule has 338 valence electrons. The van der Waals surface area contributed by atoms with Crippen LogP contribution in [0.3, 0.4) is 0 Å². The van der Waals surface area contributed by atoms with Gasteiger partial charge in [0.1, 0.15) is 5.76 Å². The van der Waals surface area contributed by atoms with Gasteiger partial charge in [0.25, 0.3) is 6.71 Å². The molecule has 0 saturated carbocycles. The molecule has 4 heteroatoms. The molecule has 0 spiro atoms. The maximum Gasteiger partial charge on any atom is 0.297 e. The number of nitrogens with zero attached hydrogens (tertiary/aromatic N) is 2. The molecular formula is C61H75BN2O. The Hall–Kier alpha value is -4.18. The van der Waals surface area contributed by atoms with Crippen molar-refractivity contribution in [2.45, 2.75) is 212 Å². The summed E-state index contributed by atoms with van der Waals surface area (Å²) >= 11 is 0. The van der Waals surface area contributed by atoms with Gasteiger partial charge >= 0.3 is 0 Å². The average Bonchev–Trinajstić information content (AvgIpc) is 3.64. The smallest absolute Gasteiger partial charge is 0.297 e. The molecule has 1 unspecified atom stereocenters. The molecule has 0 amide bonds. The number of furan rings is 1. The summed E-state index contributed by atoms with van der Waals surface area (Å²) in [6.07, 6.45) is 9.38. The van der Waals surface area contributed by atoms with Crippen LogP contribution in [0.5, 0.6) is 0 Å². The maximum absolute atomic E-state index is 7.82. The van der Waals surface area contributed by atoms with Gasteiger partial charge in [-0.05, 0) is 183 Å². The highest BCUT2D eigenvalue weighted by molar-refractivity contribution is 6.99. The molecule has 0 bridgehead atoms. The third-order valence-electron chi connectivity index (χ3n) is 19.6. The summed E-state index contributed by atoms with van der Waals surface area (Å²) in [7, 11) is 0. The van der Waals surface area contributed by atoms with Crippen molar-refractivity contribution in [2.75, 3.05) is 9.80 Å². The van der Waals surface area contributed by atoms with E-state index in [4.69, 9.17) is 4.42 Å². The molecule has 1 aromatic heterocycles. The summed E-state index contributed by atoms with van der Waals surface area (Å²) in [4.78, 5) is 5.55. The van der Waals surface area contributed by atoms with Crippen molar-refractivity contribution in [3.63, 3.8) is 0 Å². The molecular weight excluding hydrogens is 787 g/mol. The summed E-state index contributed by atoms with van der Waals surface area (Å²) in [5.74, 6) is 1.20. The minimum atomic E-state index is -0.115. The van der Waals surface area contributed by atoms with E-state index in [1.165, 1.54) is 122 Å². The second-order valence-electron chi connectivity index (χ2n) is 27.4. The fraction of sp³-hybridized carbons (Fsp3) is 0.541. The lowest BCUT2D eigenvalue weighted by molar-refractivity contribution is 0.282. The highest BCUT2D eigenvalue weighted by atomic mass is 16.3. The second kappa shape index (κ2) is 12.3. The maximum atomic E-state index is 7.82. The first-order valence-corrected chi connectivity index (χ1v) is 25.6. The zero-order valence-corrected chi connectivity index (χ0v) is 43.2. The van der Waals surface area contributed by atoms with Crippen molar-refractivity contribution in [1.82, 2.24) is 0 Å². The van der Waals surface area contributed by atoms with Gasteiger partial charge in [-0.2, -0.15) is 0 Å². The number of fused-ring (bicyclic) bond motifs is 11. The van der Waals surface area contributed by atoms with Crippen LogP contribution < -0.4 is 26.4 Å². The Labute approximate surface area is 392 Å². The van der Waals surface area contributed by atoms with E-state index in [1.807, 2.05) is 0 Å². The van der Waals surface area contributed by atoms with Gasteiger partial charge < -0.3 is 14.2 Å². The fourth-order valence-corrected chi connectivity index (χ4v) is 14.9. The molecule has 4 heterocycles. The second-order valence-corrected chi connectivity index (χ2v) is 27.4. The van der Waals surface area contributed by atoms with Crippen LogP contribution in [0.2, 0.25) is 0 Å². The SMILES string of the molecule is Cc1cc2c3c(c1)N1c4cc5c(cc4C4(C)CCC(C)(C)c6ccc(c1c64)B3c1oc3c(c1N2c1cc2c(cc1C)C(C)(C)CCC2(C)C)C(C)(C)CCC3(C)C)C(C)(C)CCC5(C)C. The van der Waals surface area contributed by atoms with E-state index in [0.717, 1.165) is 24.9 Å².